The molecule has 0 saturated heterocycles. The summed E-state index contributed by atoms with van der Waals surface area (Å²) in [6, 6.07) is 17.7. The second-order valence-electron chi connectivity index (χ2n) is 16.7. The minimum atomic E-state index is 0.707. The minimum Gasteiger partial charge on any atom is -0.493 e. The van der Waals surface area contributed by atoms with E-state index in [-0.39, 0.29) is 0 Å². The normalized spacial score (nSPS) is 11.9. The monoisotopic (exact) mass is 791 g/mol. The molecular formula is C54H82N2O2. The van der Waals surface area contributed by atoms with Crippen LogP contribution in [-0.4, -0.2) is 22.3 Å². The minimum absolute atomic E-state index is 0.707. The fourth-order valence-corrected chi connectivity index (χ4v) is 8.11. The van der Waals surface area contributed by atoms with E-state index in [0.717, 1.165) is 72.2 Å². The second-order valence-corrected chi connectivity index (χ2v) is 16.7. The molecule has 0 aliphatic carbocycles. The fraction of sp³-hybridized carbons (Fsp3) is 0.593. The lowest BCUT2D eigenvalue weighted by Gasteiger charge is -2.17. The first-order valence-corrected chi connectivity index (χ1v) is 24.2. The highest BCUT2D eigenvalue weighted by Crippen LogP contribution is 2.40. The summed E-state index contributed by atoms with van der Waals surface area (Å²) in [5.74, 6) is 1.87. The van der Waals surface area contributed by atoms with Crippen molar-refractivity contribution in [3.8, 4) is 11.5 Å². The van der Waals surface area contributed by atoms with E-state index in [1.165, 1.54) is 140 Å². The van der Waals surface area contributed by atoms with Crippen molar-refractivity contribution in [2.24, 2.45) is 0 Å². The highest BCUT2D eigenvalue weighted by atomic mass is 16.5. The topological polar surface area (TPSA) is 28.3 Å². The number of rotatable bonds is 34. The third-order valence-corrected chi connectivity index (χ3v) is 11.8. The zero-order valence-electron chi connectivity index (χ0n) is 37.6. The third-order valence-electron chi connectivity index (χ3n) is 11.8. The summed E-state index contributed by atoms with van der Waals surface area (Å²) < 4.78 is 18.0. The van der Waals surface area contributed by atoms with Crippen molar-refractivity contribution < 1.29 is 9.47 Å². The summed E-state index contributed by atoms with van der Waals surface area (Å²) in [4.78, 5) is 0. The molecule has 0 aliphatic rings. The van der Waals surface area contributed by atoms with Crippen LogP contribution in [0.1, 0.15) is 204 Å². The molecule has 2 heterocycles. The predicted octanol–water partition coefficient (Wildman–Crippen LogP) is 17.0. The van der Waals surface area contributed by atoms with Crippen LogP contribution in [0.5, 0.6) is 11.5 Å². The maximum Gasteiger partial charge on any atom is 0.127 e. The quantitative estimate of drug-likeness (QED) is 0.0441. The zero-order valence-corrected chi connectivity index (χ0v) is 37.6. The summed E-state index contributed by atoms with van der Waals surface area (Å²) in [6.07, 6.45) is 45.1. The Bertz CT molecular complexity index is 1580. The Morgan fingerprint density at radius 3 is 1.09 bits per heavy atom. The van der Waals surface area contributed by atoms with E-state index >= 15 is 0 Å². The SMILES string of the molecule is CCCCCCCCCCCCn1cccc1/C=C/c1ccc(OCCCC)c2c(/C=C/c3cccn3CCCCCCCCCCCC)ccc(OCCCC)c12. The number of hydrogen-bond acceptors (Lipinski definition) is 2. The highest BCUT2D eigenvalue weighted by molar-refractivity contribution is 6.05. The van der Waals surface area contributed by atoms with Gasteiger partial charge in [-0.15, -0.1) is 0 Å². The number of aryl methyl sites for hydroxylation is 2. The summed E-state index contributed by atoms with van der Waals surface area (Å²) in [6.45, 7) is 12.6. The molecule has 0 N–H and O–H groups in total. The Balaban J connectivity index is 1.50. The standard InChI is InChI=1S/C54H82N2O2/c1-5-9-13-15-17-19-21-23-25-27-41-55-43-29-31-49(55)37-33-47-35-39-52(58-46-12-8-4)54-48(36-40-51(53(47)54)57-45-11-7-3)34-38-50-32-30-44-56(50)42-28-26-24-22-20-18-16-14-10-6-2/h29-40,43-44H,5-28,41-42,45-46H2,1-4H3/b37-33+,38-34+. The van der Waals surface area contributed by atoms with Gasteiger partial charge in [-0.3, -0.25) is 0 Å². The second kappa shape index (κ2) is 29.5. The number of fused-ring (bicyclic) bond motifs is 1. The van der Waals surface area contributed by atoms with Crippen LogP contribution in [0.15, 0.2) is 60.9 Å². The van der Waals surface area contributed by atoms with Gasteiger partial charge >= 0.3 is 0 Å². The fourth-order valence-electron chi connectivity index (χ4n) is 8.11. The Labute approximate surface area is 355 Å². The lowest BCUT2D eigenvalue weighted by molar-refractivity contribution is 0.309. The van der Waals surface area contributed by atoms with Crippen LogP contribution in [0.3, 0.4) is 0 Å². The predicted molar refractivity (Wildman–Crippen MR) is 255 cm³/mol. The first kappa shape index (κ1) is 47.0. The Morgan fingerprint density at radius 1 is 0.379 bits per heavy atom. The average molecular weight is 791 g/mol. The number of benzene rings is 2. The molecule has 0 bridgehead atoms. The molecule has 0 unspecified atom stereocenters. The molecular weight excluding hydrogens is 709 g/mol. The Hall–Kier alpha value is -3.66. The van der Waals surface area contributed by atoms with Crippen molar-refractivity contribution in [2.75, 3.05) is 13.2 Å². The van der Waals surface area contributed by atoms with Gasteiger partial charge < -0.3 is 18.6 Å². The van der Waals surface area contributed by atoms with E-state index in [1.54, 1.807) is 0 Å². The molecule has 0 fully saturated rings. The van der Waals surface area contributed by atoms with Crippen molar-refractivity contribution in [3.05, 3.63) is 83.4 Å². The third kappa shape index (κ3) is 16.9. The number of aromatic nitrogens is 2. The first-order chi connectivity index (χ1) is 28.7. The molecule has 0 aliphatic heterocycles. The van der Waals surface area contributed by atoms with E-state index < -0.39 is 0 Å². The van der Waals surface area contributed by atoms with Crippen molar-refractivity contribution in [1.82, 2.24) is 9.13 Å². The van der Waals surface area contributed by atoms with Gasteiger partial charge in [-0.05, 0) is 85.4 Å². The molecule has 4 heteroatoms. The van der Waals surface area contributed by atoms with Crippen molar-refractivity contribution >= 4 is 35.1 Å². The summed E-state index contributed by atoms with van der Waals surface area (Å²) in [5, 5.41) is 2.27. The summed E-state index contributed by atoms with van der Waals surface area (Å²) in [7, 11) is 0. The number of unbranched alkanes of at least 4 members (excludes halogenated alkanes) is 20. The van der Waals surface area contributed by atoms with Gasteiger partial charge in [0, 0.05) is 47.6 Å². The molecule has 58 heavy (non-hydrogen) atoms. The lowest BCUT2D eigenvalue weighted by atomic mass is 9.97. The first-order valence-electron chi connectivity index (χ1n) is 24.2. The van der Waals surface area contributed by atoms with Crippen molar-refractivity contribution in [1.29, 1.82) is 0 Å². The van der Waals surface area contributed by atoms with Crippen LogP contribution in [0.2, 0.25) is 0 Å². The lowest BCUT2D eigenvalue weighted by Crippen LogP contribution is -2.02. The van der Waals surface area contributed by atoms with Crippen LogP contribution in [0.4, 0.5) is 0 Å². The van der Waals surface area contributed by atoms with Gasteiger partial charge in [0.2, 0.25) is 0 Å². The van der Waals surface area contributed by atoms with Gasteiger partial charge in [-0.1, -0.05) is 180 Å². The maximum absolute atomic E-state index is 6.56. The largest absolute Gasteiger partial charge is 0.493 e. The number of ether oxygens (including phenoxy) is 2. The molecule has 4 nitrogen and oxygen atoms in total. The molecule has 2 aromatic carbocycles. The van der Waals surface area contributed by atoms with Gasteiger partial charge in [0.1, 0.15) is 11.5 Å². The van der Waals surface area contributed by atoms with Crippen LogP contribution >= 0.6 is 0 Å². The van der Waals surface area contributed by atoms with E-state index in [4.69, 9.17) is 9.47 Å². The van der Waals surface area contributed by atoms with E-state index in [9.17, 15) is 0 Å². The maximum atomic E-state index is 6.56. The van der Waals surface area contributed by atoms with Crippen LogP contribution in [0.25, 0.3) is 35.1 Å². The van der Waals surface area contributed by atoms with Gasteiger partial charge in [-0.25, -0.2) is 0 Å². The number of hydrogen-bond donors (Lipinski definition) is 0. The van der Waals surface area contributed by atoms with Gasteiger partial charge in [0.15, 0.2) is 0 Å². The van der Waals surface area contributed by atoms with Gasteiger partial charge in [0.25, 0.3) is 0 Å². The van der Waals surface area contributed by atoms with Crippen molar-refractivity contribution in [3.63, 3.8) is 0 Å². The van der Waals surface area contributed by atoms with Crippen LogP contribution < -0.4 is 9.47 Å². The Kier molecular flexibility index (Phi) is 23.9. The molecule has 0 radical (unpaired) electrons. The van der Waals surface area contributed by atoms with Gasteiger partial charge in [-0.2, -0.15) is 0 Å². The molecule has 4 rings (SSSR count). The number of nitrogens with zero attached hydrogens (tertiary/aromatic N) is 2. The molecule has 0 spiro atoms. The zero-order chi connectivity index (χ0) is 40.9. The van der Waals surface area contributed by atoms with E-state index in [0.29, 0.717) is 13.2 Å². The van der Waals surface area contributed by atoms with Gasteiger partial charge in [0.05, 0.1) is 13.2 Å². The molecule has 4 aromatic rings. The Morgan fingerprint density at radius 2 is 0.724 bits per heavy atom. The van der Waals surface area contributed by atoms with Crippen LogP contribution in [-0.2, 0) is 13.1 Å². The summed E-state index contributed by atoms with van der Waals surface area (Å²) >= 11 is 0. The molecule has 320 valence electrons. The van der Waals surface area contributed by atoms with Crippen LogP contribution in [0, 0.1) is 0 Å². The highest BCUT2D eigenvalue weighted by Gasteiger charge is 2.15. The molecule has 2 aromatic heterocycles. The van der Waals surface area contributed by atoms with E-state index in [2.05, 4.69) is 122 Å². The molecule has 0 atom stereocenters. The molecule has 0 saturated carbocycles. The van der Waals surface area contributed by atoms with E-state index in [1.807, 2.05) is 0 Å². The molecule has 0 amide bonds. The van der Waals surface area contributed by atoms with Crippen molar-refractivity contribution in [2.45, 2.75) is 195 Å². The average Bonchev–Trinajstić information content (AvgIpc) is 3.90. The summed E-state index contributed by atoms with van der Waals surface area (Å²) in [5.41, 5.74) is 4.83. The smallest absolute Gasteiger partial charge is 0.127 e.